The van der Waals surface area contributed by atoms with E-state index in [0.717, 1.165) is 22.4 Å². The molecular weight excluding hydrogens is 471 g/mol. The van der Waals surface area contributed by atoms with Crippen LogP contribution in [0.25, 0.3) is 5.69 Å². The molecule has 2 heterocycles. The molecule has 0 aliphatic rings. The van der Waals surface area contributed by atoms with Gasteiger partial charge < -0.3 is 10.3 Å². The zero-order chi connectivity index (χ0) is 24.9. The molecule has 4 aromatic rings. The number of carbonyl (C=O) groups is 1. The molecule has 1 amide bonds. The first kappa shape index (κ1) is 24.1. The number of thioether (sulfide) groups is 1. The van der Waals surface area contributed by atoms with Crippen LogP contribution >= 0.6 is 11.8 Å². The molecule has 0 aliphatic heterocycles. The average Bonchev–Trinajstić information content (AvgIpc) is 3.20. The number of rotatable bonds is 8. The van der Waals surface area contributed by atoms with Crippen LogP contribution < -0.4 is 16.6 Å². The number of carbonyl (C=O) groups excluding carboxylic acids is 1. The molecule has 4 rings (SSSR count). The number of benzene rings is 2. The molecule has 0 spiro atoms. The molecule has 11 heteroatoms. The van der Waals surface area contributed by atoms with Crippen molar-refractivity contribution in [2.45, 2.75) is 32.0 Å². The van der Waals surface area contributed by atoms with Gasteiger partial charge in [-0.15, -0.1) is 10.2 Å². The highest BCUT2D eigenvalue weighted by Gasteiger charge is 2.18. The van der Waals surface area contributed by atoms with Gasteiger partial charge in [0.2, 0.25) is 5.91 Å². The van der Waals surface area contributed by atoms with Crippen LogP contribution in [0.15, 0.2) is 63.3 Å². The molecule has 0 radical (unpaired) electrons. The molecule has 9 nitrogen and oxygen atoms in total. The van der Waals surface area contributed by atoms with E-state index in [0.29, 0.717) is 16.7 Å². The Labute approximate surface area is 203 Å². The van der Waals surface area contributed by atoms with E-state index in [1.54, 1.807) is 12.1 Å². The van der Waals surface area contributed by atoms with Gasteiger partial charge in [0.05, 0.1) is 11.4 Å². The summed E-state index contributed by atoms with van der Waals surface area (Å²) in [5.41, 5.74) is 2.92. The van der Waals surface area contributed by atoms with E-state index in [2.05, 4.69) is 25.5 Å². The summed E-state index contributed by atoms with van der Waals surface area (Å²) in [4.78, 5) is 40.6. The second-order valence-corrected chi connectivity index (χ2v) is 8.95. The molecule has 180 valence electrons. The van der Waals surface area contributed by atoms with Crippen molar-refractivity contribution >= 4 is 17.7 Å². The summed E-state index contributed by atoms with van der Waals surface area (Å²) in [6, 6.07) is 13.2. The number of aryl methyl sites for hydroxylation is 2. The van der Waals surface area contributed by atoms with Gasteiger partial charge in [-0.25, -0.2) is 9.18 Å². The highest BCUT2D eigenvalue weighted by Crippen LogP contribution is 2.26. The van der Waals surface area contributed by atoms with E-state index in [9.17, 15) is 18.8 Å². The SMILES string of the molecule is Cc1ccc(C)c(-n2c(Cc3cc(=O)[nH]c(=O)[nH]3)nnc2SCC(=O)NCc2ccc(F)cc2)c1. The second kappa shape index (κ2) is 10.5. The topological polar surface area (TPSA) is 126 Å². The number of aromatic amines is 2. The molecule has 0 saturated heterocycles. The quantitative estimate of drug-likeness (QED) is 0.323. The van der Waals surface area contributed by atoms with Crippen molar-refractivity contribution in [1.82, 2.24) is 30.0 Å². The Morgan fingerprint density at radius 2 is 1.83 bits per heavy atom. The maximum Gasteiger partial charge on any atom is 0.325 e. The lowest BCUT2D eigenvalue weighted by atomic mass is 10.1. The fourth-order valence-electron chi connectivity index (χ4n) is 3.48. The number of halogens is 1. The van der Waals surface area contributed by atoms with Crippen LogP contribution in [0.4, 0.5) is 4.39 Å². The van der Waals surface area contributed by atoms with Crippen LogP contribution in [-0.2, 0) is 17.8 Å². The van der Waals surface area contributed by atoms with Gasteiger partial charge in [-0.1, -0.05) is 36.0 Å². The predicted octanol–water partition coefficient (Wildman–Crippen LogP) is 2.40. The lowest BCUT2D eigenvalue weighted by Gasteiger charge is -2.14. The number of hydrogen-bond donors (Lipinski definition) is 3. The first-order valence-electron chi connectivity index (χ1n) is 10.8. The van der Waals surface area contributed by atoms with Gasteiger partial charge in [0, 0.05) is 24.7 Å². The van der Waals surface area contributed by atoms with Gasteiger partial charge in [-0.3, -0.25) is 19.1 Å². The van der Waals surface area contributed by atoms with Crippen LogP contribution in [0.1, 0.15) is 28.2 Å². The van der Waals surface area contributed by atoms with Crippen molar-refractivity contribution in [1.29, 1.82) is 0 Å². The van der Waals surface area contributed by atoms with Crippen LogP contribution in [0.2, 0.25) is 0 Å². The number of amides is 1. The molecule has 0 aliphatic carbocycles. The Hall–Kier alpha value is -3.99. The van der Waals surface area contributed by atoms with Crippen molar-refractivity contribution < 1.29 is 9.18 Å². The monoisotopic (exact) mass is 494 g/mol. The largest absolute Gasteiger partial charge is 0.351 e. The normalized spacial score (nSPS) is 10.9. The number of hydrogen-bond acceptors (Lipinski definition) is 6. The van der Waals surface area contributed by atoms with Crippen LogP contribution in [0.5, 0.6) is 0 Å². The summed E-state index contributed by atoms with van der Waals surface area (Å²) in [5.74, 6) is 0.0531. The van der Waals surface area contributed by atoms with Crippen molar-refractivity contribution in [3.8, 4) is 5.69 Å². The molecule has 0 atom stereocenters. The highest BCUT2D eigenvalue weighted by molar-refractivity contribution is 7.99. The first-order chi connectivity index (χ1) is 16.8. The Morgan fingerprint density at radius 3 is 2.57 bits per heavy atom. The minimum Gasteiger partial charge on any atom is -0.351 e. The van der Waals surface area contributed by atoms with Crippen molar-refractivity contribution in [2.24, 2.45) is 0 Å². The highest BCUT2D eigenvalue weighted by atomic mass is 32.2. The Bertz CT molecular complexity index is 1450. The Balaban J connectivity index is 1.57. The fourth-order valence-corrected chi connectivity index (χ4v) is 4.27. The molecule has 2 aromatic carbocycles. The third-order valence-electron chi connectivity index (χ3n) is 5.21. The van der Waals surface area contributed by atoms with Gasteiger partial charge in [0.1, 0.15) is 11.6 Å². The number of nitrogens with one attached hydrogen (secondary N) is 3. The summed E-state index contributed by atoms with van der Waals surface area (Å²) in [7, 11) is 0. The third-order valence-corrected chi connectivity index (χ3v) is 6.13. The first-order valence-corrected chi connectivity index (χ1v) is 11.8. The van der Waals surface area contributed by atoms with Crippen LogP contribution in [0.3, 0.4) is 0 Å². The van der Waals surface area contributed by atoms with E-state index < -0.39 is 11.2 Å². The summed E-state index contributed by atoms with van der Waals surface area (Å²) < 4.78 is 14.9. The minimum absolute atomic E-state index is 0.0893. The fraction of sp³-hybridized carbons (Fsp3) is 0.208. The van der Waals surface area contributed by atoms with Gasteiger partial charge >= 0.3 is 5.69 Å². The predicted molar refractivity (Wildman–Crippen MR) is 130 cm³/mol. The molecule has 35 heavy (non-hydrogen) atoms. The van der Waals surface area contributed by atoms with E-state index in [1.807, 2.05) is 36.6 Å². The summed E-state index contributed by atoms with van der Waals surface area (Å²) in [6.45, 7) is 4.21. The number of H-pyrrole nitrogens is 2. The van der Waals surface area contributed by atoms with Crippen LogP contribution in [0, 0.1) is 19.7 Å². The molecule has 3 N–H and O–H groups in total. The van der Waals surface area contributed by atoms with E-state index in [4.69, 9.17) is 0 Å². The molecule has 0 unspecified atom stereocenters. The average molecular weight is 495 g/mol. The summed E-state index contributed by atoms with van der Waals surface area (Å²) >= 11 is 1.22. The van der Waals surface area contributed by atoms with E-state index in [-0.39, 0.29) is 30.4 Å². The molecule has 0 fully saturated rings. The molecule has 0 bridgehead atoms. The zero-order valence-corrected chi connectivity index (χ0v) is 19.9. The Kier molecular flexibility index (Phi) is 7.25. The molecular formula is C24H23FN6O3S. The maximum absolute atomic E-state index is 13.1. The lowest BCUT2D eigenvalue weighted by molar-refractivity contribution is -0.118. The summed E-state index contributed by atoms with van der Waals surface area (Å²) in [6.07, 6.45) is 0.164. The molecule has 2 aromatic heterocycles. The zero-order valence-electron chi connectivity index (χ0n) is 19.1. The second-order valence-electron chi connectivity index (χ2n) is 8.01. The van der Waals surface area contributed by atoms with E-state index in [1.165, 1.54) is 30.0 Å². The lowest BCUT2D eigenvalue weighted by Crippen LogP contribution is -2.24. The number of nitrogens with zero attached hydrogens (tertiary/aromatic N) is 3. The van der Waals surface area contributed by atoms with Gasteiger partial charge in [-0.2, -0.15) is 0 Å². The van der Waals surface area contributed by atoms with Crippen LogP contribution in [-0.4, -0.2) is 36.4 Å². The van der Waals surface area contributed by atoms with Gasteiger partial charge in [0.15, 0.2) is 5.16 Å². The minimum atomic E-state index is -0.599. The van der Waals surface area contributed by atoms with E-state index >= 15 is 0 Å². The number of aromatic nitrogens is 5. The smallest absolute Gasteiger partial charge is 0.325 e. The van der Waals surface area contributed by atoms with Crippen molar-refractivity contribution in [3.05, 3.63) is 103 Å². The van der Waals surface area contributed by atoms with Gasteiger partial charge in [-0.05, 0) is 48.7 Å². The van der Waals surface area contributed by atoms with Gasteiger partial charge in [0.25, 0.3) is 5.56 Å². The maximum atomic E-state index is 13.1. The standard InChI is InChI=1S/C24H23FN6O3S/c1-14-3-4-15(2)19(9-14)31-20(10-18-11-21(32)28-23(34)27-18)29-30-24(31)35-13-22(33)26-12-16-5-7-17(25)8-6-16/h3-9,11H,10,12-13H2,1-2H3,(H,26,33)(H2,27,28,32,34). The Morgan fingerprint density at radius 1 is 1.06 bits per heavy atom. The van der Waals surface area contributed by atoms with Crippen molar-refractivity contribution in [3.63, 3.8) is 0 Å². The van der Waals surface area contributed by atoms with Crippen molar-refractivity contribution in [2.75, 3.05) is 5.75 Å². The third kappa shape index (κ3) is 6.12. The molecule has 0 saturated carbocycles. The summed E-state index contributed by atoms with van der Waals surface area (Å²) in [5, 5.41) is 11.9.